The van der Waals surface area contributed by atoms with E-state index in [0.717, 1.165) is 23.6 Å². The van der Waals surface area contributed by atoms with Crippen molar-refractivity contribution in [2.75, 3.05) is 26.8 Å². The molecule has 150 valence electrons. The summed E-state index contributed by atoms with van der Waals surface area (Å²) in [5.41, 5.74) is 1.44. The van der Waals surface area contributed by atoms with Gasteiger partial charge in [-0.2, -0.15) is 0 Å². The van der Waals surface area contributed by atoms with Gasteiger partial charge in [-0.05, 0) is 36.8 Å². The fraction of sp³-hybridized carbons (Fsp3) is 0.381. The molecule has 1 aliphatic rings. The van der Waals surface area contributed by atoms with Gasteiger partial charge in [0.25, 0.3) is 0 Å². The van der Waals surface area contributed by atoms with Gasteiger partial charge in [0.2, 0.25) is 0 Å². The molecular formula is C21H26FN3O3. The minimum atomic E-state index is -0.269. The zero-order chi connectivity index (χ0) is 19.8. The summed E-state index contributed by atoms with van der Waals surface area (Å²) in [5.74, 6) is 1.92. The van der Waals surface area contributed by atoms with E-state index in [9.17, 15) is 4.39 Å². The molecule has 1 aliphatic heterocycles. The minimum absolute atomic E-state index is 0.113. The van der Waals surface area contributed by atoms with Crippen LogP contribution in [0.3, 0.4) is 0 Å². The Kier molecular flexibility index (Phi) is 7.08. The predicted octanol–water partition coefficient (Wildman–Crippen LogP) is 2.87. The predicted molar refractivity (Wildman–Crippen MR) is 106 cm³/mol. The molecule has 0 aliphatic carbocycles. The largest absolute Gasteiger partial charge is 0.486 e. The van der Waals surface area contributed by atoms with Crippen molar-refractivity contribution >= 4 is 5.96 Å². The molecule has 7 heteroatoms. The van der Waals surface area contributed by atoms with Crippen LogP contribution in [0.2, 0.25) is 0 Å². The topological polar surface area (TPSA) is 64.1 Å². The van der Waals surface area contributed by atoms with E-state index in [4.69, 9.17) is 14.2 Å². The molecule has 0 amide bonds. The number of nitrogens with one attached hydrogen (secondary N) is 2. The lowest BCUT2D eigenvalue weighted by atomic mass is 10.1. The summed E-state index contributed by atoms with van der Waals surface area (Å²) in [4.78, 5) is 4.58. The van der Waals surface area contributed by atoms with Gasteiger partial charge in [0.1, 0.15) is 18.5 Å². The van der Waals surface area contributed by atoms with Crippen LogP contribution in [-0.4, -0.2) is 38.9 Å². The van der Waals surface area contributed by atoms with Gasteiger partial charge in [0, 0.05) is 19.2 Å². The number of rotatable bonds is 7. The van der Waals surface area contributed by atoms with Crippen LogP contribution in [0.15, 0.2) is 47.5 Å². The third kappa shape index (κ3) is 5.36. The second-order valence-electron chi connectivity index (χ2n) is 6.43. The number of benzene rings is 2. The number of fused-ring (bicyclic) bond motifs is 1. The number of guanidine groups is 1. The average Bonchev–Trinajstić information content (AvgIpc) is 2.72. The molecule has 2 aromatic carbocycles. The van der Waals surface area contributed by atoms with Crippen LogP contribution in [0, 0.1) is 5.82 Å². The molecule has 0 fully saturated rings. The van der Waals surface area contributed by atoms with Gasteiger partial charge in [-0.3, -0.25) is 0 Å². The second-order valence-corrected chi connectivity index (χ2v) is 6.43. The molecule has 1 atom stereocenters. The first-order valence-corrected chi connectivity index (χ1v) is 9.36. The second kappa shape index (κ2) is 9.94. The maximum Gasteiger partial charge on any atom is 0.191 e. The van der Waals surface area contributed by atoms with Crippen molar-refractivity contribution in [1.82, 2.24) is 10.6 Å². The first kappa shape index (κ1) is 19.9. The minimum Gasteiger partial charge on any atom is -0.486 e. The van der Waals surface area contributed by atoms with Gasteiger partial charge in [-0.15, -0.1) is 0 Å². The number of halogens is 1. The molecule has 6 nitrogen and oxygen atoms in total. The van der Waals surface area contributed by atoms with Gasteiger partial charge in [-0.25, -0.2) is 9.38 Å². The third-order valence-electron chi connectivity index (χ3n) is 4.24. The third-order valence-corrected chi connectivity index (χ3v) is 4.24. The van der Waals surface area contributed by atoms with Crippen LogP contribution >= 0.6 is 0 Å². The van der Waals surface area contributed by atoms with E-state index in [2.05, 4.69) is 15.6 Å². The molecule has 2 N–H and O–H groups in total. The van der Waals surface area contributed by atoms with Crippen LogP contribution in [0.1, 0.15) is 18.1 Å². The van der Waals surface area contributed by atoms with E-state index in [1.165, 1.54) is 6.07 Å². The summed E-state index contributed by atoms with van der Waals surface area (Å²) in [6.07, 6.45) is -0.113. The van der Waals surface area contributed by atoms with Crippen LogP contribution in [0.5, 0.6) is 11.5 Å². The summed E-state index contributed by atoms with van der Waals surface area (Å²) >= 11 is 0. The fourth-order valence-electron chi connectivity index (χ4n) is 2.88. The molecule has 2 aromatic rings. The molecule has 0 bridgehead atoms. The number of methoxy groups -OCH3 is 1. The van der Waals surface area contributed by atoms with Crippen LogP contribution < -0.4 is 20.1 Å². The van der Waals surface area contributed by atoms with E-state index in [1.807, 2.05) is 31.2 Å². The van der Waals surface area contributed by atoms with Crippen molar-refractivity contribution in [3.8, 4) is 11.5 Å². The lowest BCUT2D eigenvalue weighted by molar-refractivity contribution is 0.0936. The molecular weight excluding hydrogens is 361 g/mol. The summed E-state index contributed by atoms with van der Waals surface area (Å²) in [7, 11) is 1.55. The lowest BCUT2D eigenvalue weighted by Crippen LogP contribution is -2.45. The molecule has 28 heavy (non-hydrogen) atoms. The Hall–Kier alpha value is -2.80. The highest BCUT2D eigenvalue weighted by molar-refractivity contribution is 5.79. The van der Waals surface area contributed by atoms with Crippen LogP contribution in [-0.2, 0) is 17.9 Å². The molecule has 0 saturated heterocycles. The molecule has 0 spiro atoms. The highest BCUT2D eigenvalue weighted by Gasteiger charge is 2.20. The summed E-state index contributed by atoms with van der Waals surface area (Å²) in [6, 6.07) is 12.6. The Labute approximate surface area is 164 Å². The van der Waals surface area contributed by atoms with Gasteiger partial charge < -0.3 is 24.8 Å². The zero-order valence-electron chi connectivity index (χ0n) is 16.2. The number of nitrogens with zero attached hydrogens (tertiary/aromatic N) is 1. The first-order valence-electron chi connectivity index (χ1n) is 9.36. The van der Waals surface area contributed by atoms with Crippen LogP contribution in [0.25, 0.3) is 0 Å². The highest BCUT2D eigenvalue weighted by atomic mass is 19.1. The standard InChI is InChI=1S/C21H26FN3O3/c1-3-23-21(24-11-15-8-9-18(22)16(10-15)13-26-2)25-12-17-14-27-19-6-4-5-7-20(19)28-17/h4-10,17H,3,11-14H2,1-2H3,(H2,23,24,25). The van der Waals surface area contributed by atoms with Crippen molar-refractivity contribution in [2.24, 2.45) is 4.99 Å². The zero-order valence-corrected chi connectivity index (χ0v) is 16.2. The van der Waals surface area contributed by atoms with E-state index < -0.39 is 0 Å². The van der Waals surface area contributed by atoms with Crippen molar-refractivity contribution in [3.05, 3.63) is 59.4 Å². The first-order chi connectivity index (χ1) is 13.7. The number of aliphatic imine (C=N–C) groups is 1. The Balaban J connectivity index is 1.58. The van der Waals surface area contributed by atoms with E-state index in [1.54, 1.807) is 19.2 Å². The molecule has 3 rings (SSSR count). The molecule has 0 aromatic heterocycles. The molecule has 0 radical (unpaired) electrons. The van der Waals surface area contributed by atoms with Crippen molar-refractivity contribution < 1.29 is 18.6 Å². The summed E-state index contributed by atoms with van der Waals surface area (Å²) in [6.45, 7) is 4.43. The van der Waals surface area contributed by atoms with Gasteiger partial charge in [0.15, 0.2) is 17.5 Å². The number of hydrogen-bond acceptors (Lipinski definition) is 4. The van der Waals surface area contributed by atoms with Crippen LogP contribution in [0.4, 0.5) is 4.39 Å². The van der Waals surface area contributed by atoms with E-state index in [-0.39, 0.29) is 18.5 Å². The lowest BCUT2D eigenvalue weighted by Gasteiger charge is -2.27. The van der Waals surface area contributed by atoms with E-state index >= 15 is 0 Å². The maximum absolute atomic E-state index is 13.7. The quantitative estimate of drug-likeness (QED) is 0.565. The number of para-hydroxylation sites is 2. The Morgan fingerprint density at radius 1 is 1.21 bits per heavy atom. The van der Waals surface area contributed by atoms with Crippen molar-refractivity contribution in [3.63, 3.8) is 0 Å². The Morgan fingerprint density at radius 2 is 2.04 bits per heavy atom. The Bertz CT molecular complexity index is 813. The summed E-state index contributed by atoms with van der Waals surface area (Å²) < 4.78 is 30.5. The molecule has 0 saturated carbocycles. The average molecular weight is 387 g/mol. The van der Waals surface area contributed by atoms with Gasteiger partial charge in [0.05, 0.1) is 19.7 Å². The maximum atomic E-state index is 13.7. The van der Waals surface area contributed by atoms with Crippen molar-refractivity contribution in [1.29, 1.82) is 0 Å². The van der Waals surface area contributed by atoms with Crippen molar-refractivity contribution in [2.45, 2.75) is 26.2 Å². The summed E-state index contributed by atoms with van der Waals surface area (Å²) in [5, 5.41) is 6.48. The normalized spacial score (nSPS) is 16.0. The highest BCUT2D eigenvalue weighted by Crippen LogP contribution is 2.30. The molecule has 1 heterocycles. The Morgan fingerprint density at radius 3 is 2.82 bits per heavy atom. The number of hydrogen-bond donors (Lipinski definition) is 2. The fourth-order valence-corrected chi connectivity index (χ4v) is 2.88. The van der Waals surface area contributed by atoms with E-state index in [0.29, 0.717) is 31.2 Å². The smallest absolute Gasteiger partial charge is 0.191 e. The SMILES string of the molecule is CCNC(=NCc1ccc(F)c(COC)c1)NCC1COc2ccccc2O1. The van der Waals surface area contributed by atoms with Gasteiger partial charge >= 0.3 is 0 Å². The molecule has 1 unspecified atom stereocenters. The number of ether oxygens (including phenoxy) is 3. The monoisotopic (exact) mass is 387 g/mol. The van der Waals surface area contributed by atoms with Gasteiger partial charge in [-0.1, -0.05) is 18.2 Å².